The molecule has 77 valence electrons. The monoisotopic (exact) mass is 233 g/mol. The molecule has 0 unspecified atom stereocenters. The molecule has 0 fully saturated rings. The van der Waals surface area contributed by atoms with Gasteiger partial charge < -0.3 is 0 Å². The van der Waals surface area contributed by atoms with Gasteiger partial charge in [-0.05, 0) is 0 Å². The topological polar surface area (TPSA) is 58.2 Å². The Labute approximate surface area is 87.7 Å². The van der Waals surface area contributed by atoms with Crippen LogP contribution in [0.2, 0.25) is 0 Å². The van der Waals surface area contributed by atoms with Crippen LogP contribution in [-0.4, -0.2) is 18.7 Å². The summed E-state index contributed by atoms with van der Waals surface area (Å²) in [7, 11) is -3.88. The third kappa shape index (κ3) is 4.08. The molecule has 0 aromatic carbocycles. The third-order valence-electron chi connectivity index (χ3n) is 1.63. The Morgan fingerprint density at radius 2 is 2.00 bits per heavy atom. The van der Waals surface area contributed by atoms with Crippen LogP contribution >= 0.6 is 11.8 Å². The molecule has 14 heavy (non-hydrogen) atoms. The third-order valence-corrected chi connectivity index (χ3v) is 2.94. The normalized spacial score (nSPS) is 11.6. The average Bonchev–Trinajstić information content (AvgIpc) is 2.14. The fourth-order valence-electron chi connectivity index (χ4n) is 0.910. The zero-order valence-electron chi connectivity index (χ0n) is 7.46. The zero-order chi connectivity index (χ0) is 10.6. The second kappa shape index (κ2) is 4.77. The van der Waals surface area contributed by atoms with Gasteiger partial charge >= 0.3 is 0 Å². The molecule has 4 nitrogen and oxygen atoms in total. The second-order valence-corrected chi connectivity index (χ2v) is 5.03. The van der Waals surface area contributed by atoms with Gasteiger partial charge in [0.2, 0.25) is 0 Å². The summed E-state index contributed by atoms with van der Waals surface area (Å²) >= 11 is 1.37. The van der Waals surface area contributed by atoms with Crippen LogP contribution in [0, 0.1) is 6.26 Å². The Kier molecular flexibility index (Phi) is 3.91. The summed E-state index contributed by atoms with van der Waals surface area (Å²) in [4.78, 5) is 1.01. The van der Waals surface area contributed by atoms with Crippen molar-refractivity contribution in [2.24, 2.45) is 0 Å². The second-order valence-electron chi connectivity index (χ2n) is 2.70. The van der Waals surface area contributed by atoms with Crippen LogP contribution in [-0.2, 0) is 16.7 Å². The molecular formula is C8H11NO3S2+. The minimum absolute atomic E-state index is 0.251. The van der Waals surface area contributed by atoms with Crippen molar-refractivity contribution in [3.63, 3.8) is 0 Å². The summed E-state index contributed by atoms with van der Waals surface area (Å²) in [6, 6.07) is 3.67. The Bertz CT molecular complexity index is 386. The van der Waals surface area contributed by atoms with Gasteiger partial charge in [0, 0.05) is 23.3 Å². The Balaban J connectivity index is 2.61. The maximum Gasteiger partial charge on any atom is 0.271 e. The van der Waals surface area contributed by atoms with Crippen molar-refractivity contribution in [2.75, 3.05) is 5.75 Å². The zero-order valence-corrected chi connectivity index (χ0v) is 9.09. The van der Waals surface area contributed by atoms with Crippen LogP contribution in [0.5, 0.6) is 0 Å². The molecule has 1 heterocycles. The first-order valence-corrected chi connectivity index (χ1v) is 6.47. The number of hydrogen-bond acceptors (Lipinski definition) is 3. The Morgan fingerprint density at radius 1 is 1.43 bits per heavy atom. The highest BCUT2D eigenvalue weighted by Crippen LogP contribution is 2.12. The van der Waals surface area contributed by atoms with E-state index in [4.69, 9.17) is 4.55 Å². The smallest absolute Gasteiger partial charge is 0.271 e. The van der Waals surface area contributed by atoms with Crippen LogP contribution in [0.25, 0.3) is 0 Å². The SMILES string of the molecule is [CH2]Sc1cc[n+](CCS(=O)(=O)O)cc1. The molecule has 6 heteroatoms. The first-order chi connectivity index (χ1) is 6.51. The van der Waals surface area contributed by atoms with Crippen LogP contribution < -0.4 is 4.57 Å². The molecule has 1 rings (SSSR count). The van der Waals surface area contributed by atoms with Crippen molar-refractivity contribution >= 4 is 21.9 Å². The average molecular weight is 233 g/mol. The number of hydrogen-bond donors (Lipinski definition) is 1. The number of aromatic nitrogens is 1. The highest BCUT2D eigenvalue weighted by atomic mass is 32.2. The van der Waals surface area contributed by atoms with Gasteiger partial charge in [-0.1, -0.05) is 0 Å². The summed E-state index contributed by atoms with van der Waals surface area (Å²) in [5, 5.41) is 0. The summed E-state index contributed by atoms with van der Waals surface area (Å²) in [5.41, 5.74) is 0. The quantitative estimate of drug-likeness (QED) is 0.473. The molecule has 0 saturated carbocycles. The molecule has 0 aliphatic heterocycles. The fraction of sp³-hybridized carbons (Fsp3) is 0.250. The summed E-state index contributed by atoms with van der Waals surface area (Å²) in [6.45, 7) is 0.251. The number of aryl methyl sites for hydroxylation is 1. The molecule has 1 aromatic rings. The highest BCUT2D eigenvalue weighted by molar-refractivity contribution is 8.00. The number of pyridine rings is 1. The molecule has 1 aromatic heterocycles. The minimum Gasteiger partial charge on any atom is -0.285 e. The first-order valence-electron chi connectivity index (χ1n) is 3.87. The Morgan fingerprint density at radius 3 is 2.43 bits per heavy atom. The van der Waals surface area contributed by atoms with Crippen LogP contribution in [0.15, 0.2) is 29.4 Å². The first kappa shape index (κ1) is 11.5. The summed E-state index contributed by atoms with van der Waals surface area (Å²) in [6.07, 6.45) is 7.14. The molecule has 0 amide bonds. The van der Waals surface area contributed by atoms with E-state index in [0.29, 0.717) is 0 Å². The maximum absolute atomic E-state index is 10.5. The van der Waals surface area contributed by atoms with Gasteiger partial charge in [-0.25, -0.2) is 4.57 Å². The lowest BCUT2D eigenvalue weighted by Gasteiger charge is -1.96. The van der Waals surface area contributed by atoms with Crippen molar-refractivity contribution < 1.29 is 17.5 Å². The fourth-order valence-corrected chi connectivity index (χ4v) is 1.67. The van der Waals surface area contributed by atoms with Gasteiger partial charge in [-0.2, -0.15) is 8.42 Å². The van der Waals surface area contributed by atoms with Crippen molar-refractivity contribution in [1.29, 1.82) is 0 Å². The van der Waals surface area contributed by atoms with Gasteiger partial charge in [0.1, 0.15) is 5.75 Å². The van der Waals surface area contributed by atoms with Gasteiger partial charge in [0.25, 0.3) is 10.1 Å². The van der Waals surface area contributed by atoms with E-state index in [1.807, 2.05) is 12.1 Å². The van der Waals surface area contributed by atoms with E-state index in [2.05, 4.69) is 6.26 Å². The van der Waals surface area contributed by atoms with Gasteiger partial charge in [0.05, 0.1) is 0 Å². The predicted octanol–water partition coefficient (Wildman–Crippen LogP) is 0.746. The number of thioether (sulfide) groups is 1. The largest absolute Gasteiger partial charge is 0.285 e. The highest BCUT2D eigenvalue weighted by Gasteiger charge is 2.08. The summed E-state index contributed by atoms with van der Waals surface area (Å²) in [5.74, 6) is -0.269. The molecular weight excluding hydrogens is 222 g/mol. The molecule has 0 aliphatic carbocycles. The van der Waals surface area contributed by atoms with E-state index < -0.39 is 10.1 Å². The van der Waals surface area contributed by atoms with E-state index >= 15 is 0 Å². The number of rotatable bonds is 4. The van der Waals surface area contributed by atoms with Crippen molar-refractivity contribution in [3.05, 3.63) is 30.8 Å². The van der Waals surface area contributed by atoms with E-state index in [9.17, 15) is 8.42 Å². The molecule has 0 spiro atoms. The van der Waals surface area contributed by atoms with Gasteiger partial charge in [-0.3, -0.25) is 4.55 Å². The molecule has 0 saturated heterocycles. The minimum atomic E-state index is -3.88. The van der Waals surface area contributed by atoms with E-state index in [1.165, 1.54) is 11.8 Å². The Hall–Kier alpha value is -0.590. The van der Waals surface area contributed by atoms with Gasteiger partial charge in [-0.15, -0.1) is 11.8 Å². The molecule has 0 aliphatic rings. The van der Waals surface area contributed by atoms with Crippen LogP contribution in [0.1, 0.15) is 0 Å². The van der Waals surface area contributed by atoms with Crippen LogP contribution in [0.3, 0.4) is 0 Å². The van der Waals surface area contributed by atoms with E-state index in [0.717, 1.165) is 4.90 Å². The van der Waals surface area contributed by atoms with E-state index in [-0.39, 0.29) is 12.3 Å². The summed E-state index contributed by atoms with van der Waals surface area (Å²) < 4.78 is 31.1. The maximum atomic E-state index is 10.5. The molecule has 1 N–H and O–H groups in total. The standard InChI is InChI=1S/C8H10NO3S2/c1-13-8-2-4-9(5-3-8)6-7-14(10,11)12/h2-5H,1,6-7H2/p+1. The predicted molar refractivity (Wildman–Crippen MR) is 54.3 cm³/mol. The van der Waals surface area contributed by atoms with E-state index in [1.54, 1.807) is 17.0 Å². The van der Waals surface area contributed by atoms with Crippen LogP contribution in [0.4, 0.5) is 0 Å². The van der Waals surface area contributed by atoms with Crippen molar-refractivity contribution in [3.8, 4) is 0 Å². The molecule has 0 bridgehead atoms. The van der Waals surface area contributed by atoms with Gasteiger partial charge in [0.15, 0.2) is 18.9 Å². The van der Waals surface area contributed by atoms with Crippen molar-refractivity contribution in [1.82, 2.24) is 0 Å². The van der Waals surface area contributed by atoms with Crippen molar-refractivity contribution in [2.45, 2.75) is 11.4 Å². The lowest BCUT2D eigenvalue weighted by molar-refractivity contribution is -0.692. The number of nitrogens with zero attached hydrogens (tertiary/aromatic N) is 1. The molecule has 0 atom stereocenters. The molecule has 1 radical (unpaired) electrons. The lowest BCUT2D eigenvalue weighted by atomic mass is 10.5. The lowest BCUT2D eigenvalue weighted by Crippen LogP contribution is -2.36.